The predicted molar refractivity (Wildman–Crippen MR) is 70.6 cm³/mol. The maximum atomic E-state index is 6.36. The molecule has 0 amide bonds. The first kappa shape index (κ1) is 11.2. The highest BCUT2D eigenvalue weighted by Gasteiger charge is 2.30. The van der Waals surface area contributed by atoms with Gasteiger partial charge in [0.2, 0.25) is 0 Å². The summed E-state index contributed by atoms with van der Waals surface area (Å²) in [6.45, 7) is 2.68. The minimum Gasteiger partial charge on any atom is -0.493 e. The standard InChI is InChI=1S/C15H16N2O/c1-10-6-11(8-17-7-10)15(16)13-9-18-14-5-3-2-4-12(13)14/h2-8,13,15H,9,16H2,1H3. The van der Waals surface area contributed by atoms with Gasteiger partial charge < -0.3 is 10.5 Å². The molecule has 3 rings (SSSR count). The quantitative estimate of drug-likeness (QED) is 0.877. The summed E-state index contributed by atoms with van der Waals surface area (Å²) in [4.78, 5) is 4.21. The zero-order chi connectivity index (χ0) is 12.5. The number of ether oxygens (including phenoxy) is 1. The van der Waals surface area contributed by atoms with E-state index in [9.17, 15) is 0 Å². The Morgan fingerprint density at radius 1 is 1.33 bits per heavy atom. The molecule has 3 nitrogen and oxygen atoms in total. The molecule has 0 saturated carbocycles. The van der Waals surface area contributed by atoms with Crippen molar-refractivity contribution in [3.63, 3.8) is 0 Å². The molecule has 3 heteroatoms. The van der Waals surface area contributed by atoms with E-state index < -0.39 is 0 Å². The zero-order valence-corrected chi connectivity index (χ0v) is 10.3. The highest BCUT2D eigenvalue weighted by atomic mass is 16.5. The van der Waals surface area contributed by atoms with Crippen molar-refractivity contribution >= 4 is 0 Å². The summed E-state index contributed by atoms with van der Waals surface area (Å²) in [7, 11) is 0. The number of aryl methyl sites for hydroxylation is 1. The number of hydrogen-bond acceptors (Lipinski definition) is 3. The molecule has 2 N–H and O–H groups in total. The Hall–Kier alpha value is -1.87. The average Bonchev–Trinajstić information content (AvgIpc) is 2.82. The number of aromatic nitrogens is 1. The van der Waals surface area contributed by atoms with Gasteiger partial charge in [0.1, 0.15) is 5.75 Å². The zero-order valence-electron chi connectivity index (χ0n) is 10.3. The van der Waals surface area contributed by atoms with Gasteiger partial charge in [-0.25, -0.2) is 0 Å². The maximum absolute atomic E-state index is 6.36. The van der Waals surface area contributed by atoms with Gasteiger partial charge in [-0.15, -0.1) is 0 Å². The molecule has 0 saturated heterocycles. The second kappa shape index (κ2) is 4.42. The molecule has 0 fully saturated rings. The van der Waals surface area contributed by atoms with Gasteiger partial charge in [-0.05, 0) is 24.1 Å². The largest absolute Gasteiger partial charge is 0.493 e. The Bertz CT molecular complexity index is 568. The molecule has 92 valence electrons. The van der Waals surface area contributed by atoms with Gasteiger partial charge in [-0.3, -0.25) is 4.98 Å². The molecular weight excluding hydrogens is 224 g/mol. The van der Waals surface area contributed by atoms with Gasteiger partial charge in [0.25, 0.3) is 0 Å². The Morgan fingerprint density at radius 3 is 3.00 bits per heavy atom. The first-order chi connectivity index (χ1) is 8.75. The Labute approximate surface area is 107 Å². The highest BCUT2D eigenvalue weighted by Crippen LogP contribution is 2.39. The molecule has 2 unspecified atom stereocenters. The van der Waals surface area contributed by atoms with Crippen molar-refractivity contribution in [3.05, 3.63) is 59.4 Å². The molecule has 2 heterocycles. The van der Waals surface area contributed by atoms with Crippen LogP contribution in [0, 0.1) is 6.92 Å². The van der Waals surface area contributed by atoms with Gasteiger partial charge in [-0.1, -0.05) is 24.3 Å². The number of nitrogens with zero attached hydrogens (tertiary/aromatic N) is 1. The minimum absolute atomic E-state index is 0.0685. The van der Waals surface area contributed by atoms with Crippen molar-refractivity contribution in [2.45, 2.75) is 18.9 Å². The van der Waals surface area contributed by atoms with Crippen LogP contribution in [0.4, 0.5) is 0 Å². The van der Waals surface area contributed by atoms with Crippen LogP contribution < -0.4 is 10.5 Å². The second-order valence-electron chi connectivity index (χ2n) is 4.78. The molecule has 2 aromatic rings. The summed E-state index contributed by atoms with van der Waals surface area (Å²) < 4.78 is 5.68. The van der Waals surface area contributed by atoms with E-state index in [4.69, 9.17) is 10.5 Å². The lowest BCUT2D eigenvalue weighted by atomic mass is 9.89. The maximum Gasteiger partial charge on any atom is 0.122 e. The molecule has 0 aliphatic carbocycles. The topological polar surface area (TPSA) is 48.1 Å². The van der Waals surface area contributed by atoms with Crippen molar-refractivity contribution in [1.82, 2.24) is 4.98 Å². The van der Waals surface area contributed by atoms with Crippen LogP contribution >= 0.6 is 0 Å². The molecule has 1 aromatic heterocycles. The molecule has 0 radical (unpaired) electrons. The SMILES string of the molecule is Cc1cncc(C(N)C2COc3ccccc32)c1. The van der Waals surface area contributed by atoms with Crippen LogP contribution in [0.5, 0.6) is 5.75 Å². The number of rotatable bonds is 2. The average molecular weight is 240 g/mol. The van der Waals surface area contributed by atoms with E-state index in [1.807, 2.05) is 37.5 Å². The van der Waals surface area contributed by atoms with Crippen LogP contribution in [0.3, 0.4) is 0 Å². The van der Waals surface area contributed by atoms with E-state index in [0.717, 1.165) is 16.9 Å². The number of hydrogen-bond donors (Lipinski definition) is 1. The molecule has 1 aromatic carbocycles. The number of fused-ring (bicyclic) bond motifs is 1. The predicted octanol–water partition coefficient (Wildman–Crippen LogP) is 2.57. The van der Waals surface area contributed by atoms with Gasteiger partial charge in [0.05, 0.1) is 6.61 Å². The molecule has 1 aliphatic rings. The molecule has 0 spiro atoms. The van der Waals surface area contributed by atoms with Crippen molar-refractivity contribution in [2.24, 2.45) is 5.73 Å². The fourth-order valence-corrected chi connectivity index (χ4v) is 2.48. The molecule has 18 heavy (non-hydrogen) atoms. The Balaban J connectivity index is 1.93. The summed E-state index contributed by atoms with van der Waals surface area (Å²) in [6, 6.07) is 10.1. The van der Waals surface area contributed by atoms with Gasteiger partial charge >= 0.3 is 0 Å². The third-order valence-corrected chi connectivity index (χ3v) is 3.45. The van der Waals surface area contributed by atoms with E-state index in [-0.39, 0.29) is 12.0 Å². The summed E-state index contributed by atoms with van der Waals surface area (Å²) in [5.41, 5.74) is 9.77. The summed E-state index contributed by atoms with van der Waals surface area (Å²) >= 11 is 0. The highest BCUT2D eigenvalue weighted by molar-refractivity contribution is 5.42. The van der Waals surface area contributed by atoms with Gasteiger partial charge in [0, 0.05) is 29.9 Å². The second-order valence-corrected chi connectivity index (χ2v) is 4.78. The van der Waals surface area contributed by atoms with Crippen molar-refractivity contribution < 1.29 is 4.74 Å². The van der Waals surface area contributed by atoms with E-state index in [0.29, 0.717) is 6.61 Å². The third-order valence-electron chi connectivity index (χ3n) is 3.45. The summed E-state index contributed by atoms with van der Waals surface area (Å²) in [5, 5.41) is 0. The molecular formula is C15H16N2O. The number of benzene rings is 1. The fraction of sp³-hybridized carbons (Fsp3) is 0.267. The van der Waals surface area contributed by atoms with Crippen LogP contribution in [-0.4, -0.2) is 11.6 Å². The van der Waals surface area contributed by atoms with Crippen molar-refractivity contribution in [1.29, 1.82) is 0 Å². The monoisotopic (exact) mass is 240 g/mol. The normalized spacial score (nSPS) is 19.1. The molecule has 0 bridgehead atoms. The lowest BCUT2D eigenvalue weighted by Gasteiger charge is -2.18. The first-order valence-electron chi connectivity index (χ1n) is 6.14. The minimum atomic E-state index is -0.0685. The van der Waals surface area contributed by atoms with Crippen LogP contribution in [0.25, 0.3) is 0 Å². The first-order valence-corrected chi connectivity index (χ1v) is 6.14. The van der Waals surface area contributed by atoms with Crippen LogP contribution in [0.15, 0.2) is 42.7 Å². The van der Waals surface area contributed by atoms with E-state index in [2.05, 4.69) is 17.1 Å². The Morgan fingerprint density at radius 2 is 2.17 bits per heavy atom. The van der Waals surface area contributed by atoms with E-state index in [1.54, 1.807) is 0 Å². The van der Waals surface area contributed by atoms with Crippen LogP contribution in [-0.2, 0) is 0 Å². The lowest BCUT2D eigenvalue weighted by Crippen LogP contribution is -2.21. The summed E-state index contributed by atoms with van der Waals surface area (Å²) in [5.74, 6) is 1.17. The van der Waals surface area contributed by atoms with Crippen LogP contribution in [0.1, 0.15) is 28.7 Å². The van der Waals surface area contributed by atoms with Gasteiger partial charge in [0.15, 0.2) is 0 Å². The number of pyridine rings is 1. The van der Waals surface area contributed by atoms with Crippen molar-refractivity contribution in [2.75, 3.05) is 6.61 Å². The van der Waals surface area contributed by atoms with E-state index in [1.165, 1.54) is 5.56 Å². The van der Waals surface area contributed by atoms with E-state index >= 15 is 0 Å². The van der Waals surface area contributed by atoms with Crippen LogP contribution in [0.2, 0.25) is 0 Å². The van der Waals surface area contributed by atoms with Crippen molar-refractivity contribution in [3.8, 4) is 5.75 Å². The third kappa shape index (κ3) is 1.87. The number of para-hydroxylation sites is 1. The number of nitrogens with two attached hydrogens (primary N) is 1. The summed E-state index contributed by atoms with van der Waals surface area (Å²) in [6.07, 6.45) is 3.69. The molecule has 1 aliphatic heterocycles. The Kier molecular flexibility index (Phi) is 2.76. The fourth-order valence-electron chi connectivity index (χ4n) is 2.48. The van der Waals surface area contributed by atoms with Gasteiger partial charge in [-0.2, -0.15) is 0 Å². The smallest absolute Gasteiger partial charge is 0.122 e. The lowest BCUT2D eigenvalue weighted by molar-refractivity contribution is 0.315. The molecule has 2 atom stereocenters.